The number of likely N-dealkylation sites (tertiary alicyclic amines) is 1. The normalized spacial score (nSPS) is 20.6. The lowest BCUT2D eigenvalue weighted by molar-refractivity contribution is 0.100. The van der Waals surface area contributed by atoms with E-state index in [0.717, 1.165) is 42.5 Å². The minimum Gasteiger partial charge on any atom is -0.319 e. The first-order valence-electron chi connectivity index (χ1n) is 10.0. The van der Waals surface area contributed by atoms with E-state index < -0.39 is 5.82 Å². The summed E-state index contributed by atoms with van der Waals surface area (Å²) in [5.41, 5.74) is 1.53. The minimum absolute atomic E-state index is 0.275. The zero-order valence-corrected chi connectivity index (χ0v) is 17.0. The number of fused-ring (bicyclic) bond motifs is 2. The molecule has 6 nitrogen and oxygen atoms in total. The van der Waals surface area contributed by atoms with Gasteiger partial charge >= 0.3 is 0 Å². The fraction of sp³-hybridized carbons (Fsp3) is 0.318. The van der Waals surface area contributed by atoms with Gasteiger partial charge in [-0.05, 0) is 41.7 Å². The van der Waals surface area contributed by atoms with E-state index >= 15 is 0 Å². The predicted molar refractivity (Wildman–Crippen MR) is 112 cm³/mol. The highest BCUT2D eigenvalue weighted by molar-refractivity contribution is 6.31. The van der Waals surface area contributed by atoms with Gasteiger partial charge in [0.15, 0.2) is 0 Å². The van der Waals surface area contributed by atoms with Gasteiger partial charge < -0.3 is 9.88 Å². The fourth-order valence-electron chi connectivity index (χ4n) is 4.54. The van der Waals surface area contributed by atoms with E-state index in [1.807, 2.05) is 22.8 Å². The van der Waals surface area contributed by atoms with E-state index in [1.54, 1.807) is 12.1 Å². The molecule has 2 atom stereocenters. The number of nitrogens with one attached hydrogen (secondary N) is 1. The quantitative estimate of drug-likeness (QED) is 0.693. The number of anilines is 1. The summed E-state index contributed by atoms with van der Waals surface area (Å²) in [5.74, 6) is 1.25. The second-order valence-corrected chi connectivity index (χ2v) is 8.43. The maximum absolute atomic E-state index is 13.4. The van der Waals surface area contributed by atoms with Crippen molar-refractivity contribution in [2.75, 3.05) is 18.4 Å². The smallest absolute Gasteiger partial charge is 0.293 e. The van der Waals surface area contributed by atoms with Crippen LogP contribution in [0.1, 0.15) is 22.0 Å². The van der Waals surface area contributed by atoms with E-state index in [-0.39, 0.29) is 11.7 Å². The average Bonchev–Trinajstić information content (AvgIpc) is 3.30. The number of halogens is 2. The Kier molecular flexibility index (Phi) is 5.00. The first-order valence-corrected chi connectivity index (χ1v) is 10.4. The van der Waals surface area contributed by atoms with E-state index in [0.29, 0.717) is 24.1 Å². The van der Waals surface area contributed by atoms with Crippen LogP contribution in [-0.4, -0.2) is 38.7 Å². The lowest BCUT2D eigenvalue weighted by atomic mass is 9.89. The summed E-state index contributed by atoms with van der Waals surface area (Å²) < 4.78 is 15.3. The maximum atomic E-state index is 13.4. The van der Waals surface area contributed by atoms with Gasteiger partial charge in [0.2, 0.25) is 5.82 Å². The van der Waals surface area contributed by atoms with Gasteiger partial charge in [0.1, 0.15) is 11.6 Å². The van der Waals surface area contributed by atoms with Gasteiger partial charge in [-0.25, -0.2) is 4.39 Å². The third-order valence-corrected chi connectivity index (χ3v) is 6.35. The highest BCUT2D eigenvalue weighted by Crippen LogP contribution is 2.34. The van der Waals surface area contributed by atoms with Crippen molar-refractivity contribution in [1.82, 2.24) is 19.7 Å². The maximum Gasteiger partial charge on any atom is 0.293 e. The number of hydrogen-bond donors (Lipinski definition) is 1. The van der Waals surface area contributed by atoms with Gasteiger partial charge in [0, 0.05) is 43.3 Å². The zero-order valence-electron chi connectivity index (χ0n) is 16.3. The van der Waals surface area contributed by atoms with Gasteiger partial charge in [-0.15, -0.1) is 10.2 Å². The van der Waals surface area contributed by atoms with Crippen molar-refractivity contribution in [3.63, 3.8) is 0 Å². The number of carbonyl (C=O) groups is 1. The molecule has 30 heavy (non-hydrogen) atoms. The van der Waals surface area contributed by atoms with Crippen LogP contribution in [0.4, 0.5) is 10.1 Å². The molecule has 1 saturated heterocycles. The molecule has 1 amide bonds. The molecule has 0 unspecified atom stereocenters. The largest absolute Gasteiger partial charge is 0.319 e. The number of amides is 1. The van der Waals surface area contributed by atoms with Crippen LogP contribution >= 0.6 is 11.6 Å². The molecule has 1 fully saturated rings. The fourth-order valence-corrected chi connectivity index (χ4v) is 4.73. The summed E-state index contributed by atoms with van der Waals surface area (Å²) in [6.07, 6.45) is 0.796. The molecule has 154 valence electrons. The summed E-state index contributed by atoms with van der Waals surface area (Å²) in [6, 6.07) is 13.8. The van der Waals surface area contributed by atoms with Crippen molar-refractivity contribution in [2.24, 2.45) is 11.8 Å². The molecule has 2 aliphatic heterocycles. The SMILES string of the molecule is O=C(Nc1cccc(F)c1)c1nnc2n1C[C@@H]1CN(Cc3ccccc3Cl)C[C@@H]1C2. The van der Waals surface area contributed by atoms with Gasteiger partial charge in [-0.1, -0.05) is 35.9 Å². The van der Waals surface area contributed by atoms with Crippen LogP contribution in [0.2, 0.25) is 5.02 Å². The Labute approximate surface area is 178 Å². The highest BCUT2D eigenvalue weighted by atomic mass is 35.5. The average molecular weight is 426 g/mol. The van der Waals surface area contributed by atoms with Crippen LogP contribution in [0.3, 0.4) is 0 Å². The molecule has 2 aromatic carbocycles. The summed E-state index contributed by atoms with van der Waals surface area (Å²) in [5, 5.41) is 11.9. The second kappa shape index (κ2) is 7.81. The second-order valence-electron chi connectivity index (χ2n) is 8.02. The molecule has 2 aliphatic rings. The monoisotopic (exact) mass is 425 g/mol. The van der Waals surface area contributed by atoms with Crippen LogP contribution in [0, 0.1) is 17.7 Å². The standard InChI is InChI=1S/C22H21ClFN5O/c23-19-7-2-1-4-14(19)10-28-11-15-8-20-26-27-21(29(20)13-16(15)12-28)22(30)25-18-6-3-5-17(24)9-18/h1-7,9,15-16H,8,10-13H2,(H,25,30)/t15-,16-/m0/s1. The summed E-state index contributed by atoms with van der Waals surface area (Å²) in [7, 11) is 0. The zero-order chi connectivity index (χ0) is 20.7. The molecule has 0 bridgehead atoms. The molecule has 1 N–H and O–H groups in total. The van der Waals surface area contributed by atoms with Crippen LogP contribution < -0.4 is 5.32 Å². The van der Waals surface area contributed by atoms with Crippen molar-refractivity contribution in [3.05, 3.63) is 76.6 Å². The van der Waals surface area contributed by atoms with Gasteiger partial charge in [0.25, 0.3) is 5.91 Å². The third kappa shape index (κ3) is 3.70. The van der Waals surface area contributed by atoms with Crippen LogP contribution in [0.5, 0.6) is 0 Å². The minimum atomic E-state index is -0.400. The Bertz CT molecular complexity index is 1100. The molecule has 8 heteroatoms. The number of benzene rings is 2. The predicted octanol–water partition coefficient (Wildman–Crippen LogP) is 3.63. The molecule has 5 rings (SSSR count). The molecule has 0 spiro atoms. The Balaban J connectivity index is 1.29. The Morgan fingerprint density at radius 2 is 1.93 bits per heavy atom. The first-order chi connectivity index (χ1) is 14.6. The molecule has 3 aromatic rings. The Morgan fingerprint density at radius 1 is 1.10 bits per heavy atom. The van der Waals surface area contributed by atoms with Crippen LogP contribution in [-0.2, 0) is 19.5 Å². The van der Waals surface area contributed by atoms with E-state index in [9.17, 15) is 9.18 Å². The molecular weight excluding hydrogens is 405 g/mol. The van der Waals surface area contributed by atoms with Crippen molar-refractivity contribution < 1.29 is 9.18 Å². The molecule has 1 aromatic heterocycles. The summed E-state index contributed by atoms with van der Waals surface area (Å²) >= 11 is 6.33. The molecule has 0 aliphatic carbocycles. The molecular formula is C22H21ClFN5O. The Morgan fingerprint density at radius 3 is 2.77 bits per heavy atom. The lowest BCUT2D eigenvalue weighted by Gasteiger charge is -2.25. The van der Waals surface area contributed by atoms with Crippen molar-refractivity contribution in [1.29, 1.82) is 0 Å². The van der Waals surface area contributed by atoms with E-state index in [2.05, 4.69) is 26.5 Å². The number of nitrogens with zero attached hydrogens (tertiary/aromatic N) is 4. The van der Waals surface area contributed by atoms with Crippen molar-refractivity contribution >= 4 is 23.2 Å². The number of rotatable bonds is 4. The third-order valence-electron chi connectivity index (χ3n) is 5.98. The van der Waals surface area contributed by atoms with Crippen LogP contribution in [0.15, 0.2) is 48.5 Å². The summed E-state index contributed by atoms with van der Waals surface area (Å²) in [4.78, 5) is 15.1. The first kappa shape index (κ1) is 19.2. The van der Waals surface area contributed by atoms with Crippen LogP contribution in [0.25, 0.3) is 0 Å². The molecule has 0 saturated carbocycles. The van der Waals surface area contributed by atoms with Crippen molar-refractivity contribution in [2.45, 2.75) is 19.5 Å². The van der Waals surface area contributed by atoms with Crippen molar-refractivity contribution in [3.8, 4) is 0 Å². The number of carbonyl (C=O) groups excluding carboxylic acids is 1. The lowest BCUT2D eigenvalue weighted by Crippen LogP contribution is -2.31. The Hall–Kier alpha value is -2.77. The molecule has 0 radical (unpaired) electrons. The van der Waals surface area contributed by atoms with E-state index in [1.165, 1.54) is 12.1 Å². The number of aromatic nitrogens is 3. The van der Waals surface area contributed by atoms with Gasteiger partial charge in [-0.2, -0.15) is 0 Å². The molecule has 3 heterocycles. The van der Waals surface area contributed by atoms with Gasteiger partial charge in [-0.3, -0.25) is 9.69 Å². The van der Waals surface area contributed by atoms with E-state index in [4.69, 9.17) is 11.6 Å². The number of hydrogen-bond acceptors (Lipinski definition) is 4. The van der Waals surface area contributed by atoms with Gasteiger partial charge in [0.05, 0.1) is 0 Å². The topological polar surface area (TPSA) is 63.1 Å². The summed E-state index contributed by atoms with van der Waals surface area (Å²) in [6.45, 7) is 3.45. The highest BCUT2D eigenvalue weighted by Gasteiger charge is 2.39.